The largest absolute Gasteiger partial charge is 0.349 e. The minimum atomic E-state index is 0.0306. The van der Waals surface area contributed by atoms with Crippen LogP contribution < -0.4 is 5.32 Å². The van der Waals surface area contributed by atoms with E-state index in [0.717, 1.165) is 17.5 Å². The third-order valence-corrected chi connectivity index (χ3v) is 3.48. The van der Waals surface area contributed by atoms with E-state index in [2.05, 4.69) is 12.2 Å². The van der Waals surface area contributed by atoms with E-state index < -0.39 is 0 Å². The Kier molecular flexibility index (Phi) is 5.19. The van der Waals surface area contributed by atoms with Gasteiger partial charge in [0.2, 0.25) is 5.91 Å². The van der Waals surface area contributed by atoms with Crippen LogP contribution in [0.2, 0.25) is 5.02 Å². The van der Waals surface area contributed by atoms with E-state index in [0.29, 0.717) is 11.4 Å². The maximum atomic E-state index is 12.1. The molecule has 2 rings (SSSR count). The van der Waals surface area contributed by atoms with Crippen molar-refractivity contribution in [2.45, 2.75) is 25.8 Å². The summed E-state index contributed by atoms with van der Waals surface area (Å²) < 4.78 is 0. The van der Waals surface area contributed by atoms with Crippen molar-refractivity contribution >= 4 is 17.5 Å². The molecule has 20 heavy (non-hydrogen) atoms. The molecule has 2 aromatic carbocycles. The van der Waals surface area contributed by atoms with Gasteiger partial charge in [0.15, 0.2) is 0 Å². The number of carbonyl (C=O) groups is 1. The van der Waals surface area contributed by atoms with E-state index in [9.17, 15) is 4.79 Å². The summed E-state index contributed by atoms with van der Waals surface area (Å²) >= 11 is 5.83. The molecule has 104 valence electrons. The highest BCUT2D eigenvalue weighted by molar-refractivity contribution is 6.30. The van der Waals surface area contributed by atoms with E-state index in [1.165, 1.54) is 0 Å². The molecule has 0 heterocycles. The number of benzene rings is 2. The molecular weight excluding hydrogens is 270 g/mol. The van der Waals surface area contributed by atoms with Crippen LogP contribution in [0.5, 0.6) is 0 Å². The summed E-state index contributed by atoms with van der Waals surface area (Å²) in [5.74, 6) is 0.0306. The fourth-order valence-corrected chi connectivity index (χ4v) is 2.27. The minimum absolute atomic E-state index is 0.0306. The average Bonchev–Trinajstić information content (AvgIpc) is 2.48. The summed E-state index contributed by atoms with van der Waals surface area (Å²) in [6.07, 6.45) is 1.25. The molecule has 0 spiro atoms. The number of carbonyl (C=O) groups excluding carboxylic acids is 1. The van der Waals surface area contributed by atoms with E-state index >= 15 is 0 Å². The molecule has 0 aromatic heterocycles. The molecule has 0 fully saturated rings. The molecule has 0 radical (unpaired) electrons. The van der Waals surface area contributed by atoms with Crippen LogP contribution in [0.15, 0.2) is 54.6 Å². The van der Waals surface area contributed by atoms with Gasteiger partial charge >= 0.3 is 0 Å². The average molecular weight is 288 g/mol. The molecule has 0 saturated heterocycles. The van der Waals surface area contributed by atoms with E-state index in [-0.39, 0.29) is 11.9 Å². The summed E-state index contributed by atoms with van der Waals surface area (Å²) in [6, 6.07) is 17.5. The van der Waals surface area contributed by atoms with Gasteiger partial charge in [0, 0.05) is 5.02 Å². The molecule has 1 atom stereocenters. The summed E-state index contributed by atoms with van der Waals surface area (Å²) in [6.45, 7) is 2.07. The van der Waals surface area contributed by atoms with E-state index in [1.54, 1.807) is 12.1 Å². The van der Waals surface area contributed by atoms with E-state index in [1.807, 2.05) is 42.5 Å². The lowest BCUT2D eigenvalue weighted by atomic mass is 10.0. The van der Waals surface area contributed by atoms with Gasteiger partial charge in [0.1, 0.15) is 0 Å². The molecule has 0 aliphatic heterocycles. The third-order valence-electron chi connectivity index (χ3n) is 3.22. The zero-order valence-electron chi connectivity index (χ0n) is 11.5. The van der Waals surface area contributed by atoms with Gasteiger partial charge in [-0.05, 0) is 29.7 Å². The molecule has 1 unspecified atom stereocenters. The zero-order chi connectivity index (χ0) is 14.4. The van der Waals surface area contributed by atoms with Crippen LogP contribution in [-0.4, -0.2) is 5.91 Å². The second-order valence-electron chi connectivity index (χ2n) is 4.74. The topological polar surface area (TPSA) is 29.1 Å². The lowest BCUT2D eigenvalue weighted by Crippen LogP contribution is -2.29. The summed E-state index contributed by atoms with van der Waals surface area (Å²) in [4.78, 5) is 12.1. The smallest absolute Gasteiger partial charge is 0.224 e. The SMILES string of the molecule is CCC(NC(=O)Cc1ccc(Cl)cc1)c1ccccc1. The Morgan fingerprint density at radius 3 is 2.35 bits per heavy atom. The molecule has 0 aliphatic carbocycles. The molecule has 1 amide bonds. The molecule has 2 aromatic rings. The first kappa shape index (κ1) is 14.6. The molecule has 0 bridgehead atoms. The number of amides is 1. The Morgan fingerprint density at radius 1 is 1.10 bits per heavy atom. The molecule has 0 saturated carbocycles. The first-order valence-electron chi connectivity index (χ1n) is 6.77. The predicted octanol–water partition coefficient (Wildman–Crippen LogP) is 4.15. The molecule has 1 N–H and O–H groups in total. The van der Waals surface area contributed by atoms with Gasteiger partial charge in [-0.2, -0.15) is 0 Å². The monoisotopic (exact) mass is 287 g/mol. The lowest BCUT2D eigenvalue weighted by Gasteiger charge is -2.17. The summed E-state index contributed by atoms with van der Waals surface area (Å²) in [7, 11) is 0. The fourth-order valence-electron chi connectivity index (χ4n) is 2.14. The zero-order valence-corrected chi connectivity index (χ0v) is 12.2. The van der Waals surface area contributed by atoms with Gasteiger partial charge in [0.05, 0.1) is 12.5 Å². The van der Waals surface area contributed by atoms with Gasteiger partial charge in [0.25, 0.3) is 0 Å². The predicted molar refractivity (Wildman–Crippen MR) is 82.8 cm³/mol. The van der Waals surface area contributed by atoms with Crippen LogP contribution in [0.4, 0.5) is 0 Å². The van der Waals surface area contributed by atoms with Crippen molar-refractivity contribution in [1.82, 2.24) is 5.32 Å². The molecule has 3 heteroatoms. The quantitative estimate of drug-likeness (QED) is 0.879. The lowest BCUT2D eigenvalue weighted by molar-refractivity contribution is -0.121. The normalized spacial score (nSPS) is 11.9. The second-order valence-corrected chi connectivity index (χ2v) is 5.18. The molecule has 2 nitrogen and oxygen atoms in total. The maximum absolute atomic E-state index is 12.1. The van der Waals surface area contributed by atoms with Crippen molar-refractivity contribution in [2.75, 3.05) is 0 Å². The Balaban J connectivity index is 1.97. The third kappa shape index (κ3) is 4.10. The highest BCUT2D eigenvalue weighted by Gasteiger charge is 2.12. The van der Waals surface area contributed by atoms with Crippen molar-refractivity contribution in [2.24, 2.45) is 0 Å². The first-order chi connectivity index (χ1) is 9.69. The number of halogens is 1. The Labute approximate surface area is 124 Å². The molecular formula is C17H18ClNO. The van der Waals surface area contributed by atoms with Gasteiger partial charge in [-0.3, -0.25) is 4.79 Å². The van der Waals surface area contributed by atoms with Gasteiger partial charge < -0.3 is 5.32 Å². The van der Waals surface area contributed by atoms with Crippen molar-refractivity contribution in [3.8, 4) is 0 Å². The number of hydrogen-bond acceptors (Lipinski definition) is 1. The Hall–Kier alpha value is -1.80. The first-order valence-corrected chi connectivity index (χ1v) is 7.15. The van der Waals surface area contributed by atoms with Crippen LogP contribution in [-0.2, 0) is 11.2 Å². The van der Waals surface area contributed by atoms with Crippen molar-refractivity contribution in [3.63, 3.8) is 0 Å². The highest BCUT2D eigenvalue weighted by atomic mass is 35.5. The highest BCUT2D eigenvalue weighted by Crippen LogP contribution is 2.16. The van der Waals surface area contributed by atoms with Crippen LogP contribution in [0.25, 0.3) is 0 Å². The van der Waals surface area contributed by atoms with Crippen LogP contribution in [0.3, 0.4) is 0 Å². The maximum Gasteiger partial charge on any atom is 0.224 e. The van der Waals surface area contributed by atoms with Crippen molar-refractivity contribution in [3.05, 3.63) is 70.7 Å². The number of rotatable bonds is 5. The van der Waals surface area contributed by atoms with Gasteiger partial charge in [-0.1, -0.05) is 61.0 Å². The Morgan fingerprint density at radius 2 is 1.75 bits per heavy atom. The van der Waals surface area contributed by atoms with Gasteiger partial charge in [-0.15, -0.1) is 0 Å². The van der Waals surface area contributed by atoms with Crippen LogP contribution >= 0.6 is 11.6 Å². The van der Waals surface area contributed by atoms with Crippen molar-refractivity contribution < 1.29 is 4.79 Å². The number of nitrogens with one attached hydrogen (secondary N) is 1. The fraction of sp³-hybridized carbons (Fsp3) is 0.235. The number of hydrogen-bond donors (Lipinski definition) is 1. The van der Waals surface area contributed by atoms with Gasteiger partial charge in [-0.25, -0.2) is 0 Å². The Bertz CT molecular complexity index is 551. The van der Waals surface area contributed by atoms with Crippen molar-refractivity contribution in [1.29, 1.82) is 0 Å². The summed E-state index contributed by atoms with van der Waals surface area (Å²) in [5.41, 5.74) is 2.11. The van der Waals surface area contributed by atoms with E-state index in [4.69, 9.17) is 11.6 Å². The second kappa shape index (κ2) is 7.11. The minimum Gasteiger partial charge on any atom is -0.349 e. The summed E-state index contributed by atoms with van der Waals surface area (Å²) in [5, 5.41) is 3.76. The van der Waals surface area contributed by atoms with Crippen LogP contribution in [0.1, 0.15) is 30.5 Å². The standard InChI is InChI=1S/C17H18ClNO/c1-2-16(14-6-4-3-5-7-14)19-17(20)12-13-8-10-15(18)11-9-13/h3-11,16H,2,12H2,1H3,(H,19,20). The molecule has 0 aliphatic rings. The van der Waals surface area contributed by atoms with Crippen LogP contribution in [0, 0.1) is 0 Å².